The molecule has 1 N–H and O–H groups in total. The van der Waals surface area contributed by atoms with Crippen LogP contribution < -0.4 is 0 Å². The van der Waals surface area contributed by atoms with Crippen molar-refractivity contribution in [1.82, 2.24) is 15.0 Å². The number of aromatic amines is 1. The maximum absolute atomic E-state index is 5.20. The molecule has 0 fully saturated rings. The minimum atomic E-state index is 0.680. The molecule has 2 rings (SSSR count). The van der Waals surface area contributed by atoms with Crippen LogP contribution in [0.1, 0.15) is 27.8 Å². The van der Waals surface area contributed by atoms with E-state index in [9.17, 15) is 0 Å². The van der Waals surface area contributed by atoms with Gasteiger partial charge in [0.15, 0.2) is 0 Å². The van der Waals surface area contributed by atoms with Crippen LogP contribution in [-0.4, -0.2) is 15.0 Å². The first-order chi connectivity index (χ1) is 7.56. The van der Waals surface area contributed by atoms with E-state index < -0.39 is 0 Å². The molecule has 0 amide bonds. The lowest BCUT2D eigenvalue weighted by Crippen LogP contribution is -2.01. The number of hydrogen-bond donors (Lipinski definition) is 1. The molecule has 0 aliphatic rings. The molecule has 0 unspecified atom stereocenters. The van der Waals surface area contributed by atoms with Gasteiger partial charge in [0.25, 0.3) is 0 Å². The summed E-state index contributed by atoms with van der Waals surface area (Å²) in [6.45, 7) is 6.00. The van der Waals surface area contributed by atoms with E-state index in [1.54, 1.807) is 11.3 Å². The second-order valence-corrected chi connectivity index (χ2v) is 5.13. The van der Waals surface area contributed by atoms with Gasteiger partial charge in [-0.25, -0.2) is 9.97 Å². The van der Waals surface area contributed by atoms with Crippen molar-refractivity contribution in [3.63, 3.8) is 0 Å². The van der Waals surface area contributed by atoms with Crippen LogP contribution in [0, 0.1) is 25.4 Å². The molecule has 84 valence electrons. The van der Waals surface area contributed by atoms with Gasteiger partial charge in [0.05, 0.1) is 6.42 Å². The molecule has 0 radical (unpaired) electrons. The Hall–Kier alpha value is -1.07. The lowest BCUT2D eigenvalue weighted by molar-refractivity contribution is 0.909. The predicted molar refractivity (Wildman–Crippen MR) is 68.6 cm³/mol. The number of aromatic nitrogens is 3. The monoisotopic (exact) mass is 251 g/mol. The Labute approximate surface area is 104 Å². The average molecular weight is 251 g/mol. The van der Waals surface area contributed by atoms with Gasteiger partial charge in [-0.05, 0) is 20.8 Å². The third kappa shape index (κ3) is 2.36. The van der Waals surface area contributed by atoms with Crippen molar-refractivity contribution < 1.29 is 0 Å². The molecule has 0 aliphatic heterocycles. The summed E-state index contributed by atoms with van der Waals surface area (Å²) in [6.07, 6.45) is 0.725. The van der Waals surface area contributed by atoms with Crippen molar-refractivity contribution in [2.45, 2.75) is 27.2 Å². The summed E-state index contributed by atoms with van der Waals surface area (Å²) in [5.41, 5.74) is 3.19. The summed E-state index contributed by atoms with van der Waals surface area (Å²) in [4.78, 5) is 12.0. The van der Waals surface area contributed by atoms with Crippen LogP contribution in [0.5, 0.6) is 0 Å². The molecule has 3 nitrogen and oxygen atoms in total. The zero-order chi connectivity index (χ0) is 11.7. The van der Waals surface area contributed by atoms with E-state index in [0.717, 1.165) is 34.2 Å². The predicted octanol–water partition coefficient (Wildman–Crippen LogP) is 3.11. The summed E-state index contributed by atoms with van der Waals surface area (Å²) < 4.78 is 0.680. The van der Waals surface area contributed by atoms with Crippen molar-refractivity contribution in [1.29, 1.82) is 0 Å². The van der Waals surface area contributed by atoms with E-state index in [1.807, 2.05) is 26.2 Å². The van der Waals surface area contributed by atoms with Gasteiger partial charge in [0, 0.05) is 22.3 Å². The maximum atomic E-state index is 5.20. The Morgan fingerprint density at radius 2 is 2.06 bits per heavy atom. The van der Waals surface area contributed by atoms with Crippen LogP contribution in [0.3, 0.4) is 0 Å². The fourth-order valence-corrected chi connectivity index (χ4v) is 2.46. The third-order valence-electron chi connectivity index (χ3n) is 2.44. The number of hydrogen-bond acceptors (Lipinski definition) is 4. The Morgan fingerprint density at radius 1 is 1.31 bits per heavy atom. The fourth-order valence-electron chi connectivity index (χ4n) is 1.42. The van der Waals surface area contributed by atoms with Gasteiger partial charge in [0.2, 0.25) is 0 Å². The van der Waals surface area contributed by atoms with Gasteiger partial charge in [-0.15, -0.1) is 11.3 Å². The van der Waals surface area contributed by atoms with Crippen LogP contribution in [0.2, 0.25) is 0 Å². The Balaban J connectivity index is 2.32. The standard InChI is InChI=1S/C11H13N3S2/c1-6-5-16-10(12-6)4-9-13-8(3)7(2)11(15)14-9/h5H,4H2,1-3H3,(H,13,14,15). The van der Waals surface area contributed by atoms with Gasteiger partial charge in [0.1, 0.15) is 15.5 Å². The first-order valence-electron chi connectivity index (χ1n) is 5.03. The molecule has 2 aromatic rings. The van der Waals surface area contributed by atoms with E-state index >= 15 is 0 Å². The van der Waals surface area contributed by atoms with Gasteiger partial charge < -0.3 is 4.98 Å². The molecule has 0 aromatic carbocycles. The van der Waals surface area contributed by atoms with Crippen LogP contribution in [0.4, 0.5) is 0 Å². The molecular weight excluding hydrogens is 238 g/mol. The normalized spacial score (nSPS) is 10.7. The van der Waals surface area contributed by atoms with Crippen molar-refractivity contribution in [2.75, 3.05) is 0 Å². The molecule has 0 saturated carbocycles. The van der Waals surface area contributed by atoms with Crippen molar-refractivity contribution in [2.24, 2.45) is 0 Å². The third-order valence-corrected chi connectivity index (χ3v) is 3.80. The lowest BCUT2D eigenvalue weighted by atomic mass is 10.2. The van der Waals surface area contributed by atoms with Gasteiger partial charge in [-0.2, -0.15) is 0 Å². The lowest BCUT2D eigenvalue weighted by Gasteiger charge is -2.04. The molecule has 0 aliphatic carbocycles. The highest BCUT2D eigenvalue weighted by Crippen LogP contribution is 2.13. The van der Waals surface area contributed by atoms with Crippen molar-refractivity contribution in [3.05, 3.63) is 37.8 Å². The molecule has 2 heterocycles. The molecule has 0 saturated heterocycles. The second kappa shape index (κ2) is 4.43. The fraction of sp³-hybridized carbons (Fsp3) is 0.364. The first-order valence-corrected chi connectivity index (χ1v) is 6.32. The topological polar surface area (TPSA) is 41.6 Å². The number of thiazole rings is 1. The van der Waals surface area contributed by atoms with Gasteiger partial charge in [-0.3, -0.25) is 0 Å². The van der Waals surface area contributed by atoms with Crippen LogP contribution >= 0.6 is 23.6 Å². The molecule has 2 aromatic heterocycles. The Kier molecular flexibility index (Phi) is 3.16. The van der Waals surface area contributed by atoms with Crippen molar-refractivity contribution >= 4 is 23.6 Å². The zero-order valence-corrected chi connectivity index (χ0v) is 11.1. The minimum absolute atomic E-state index is 0.680. The molecular formula is C11H13N3S2. The van der Waals surface area contributed by atoms with Gasteiger partial charge >= 0.3 is 0 Å². The number of nitrogens with one attached hydrogen (secondary N) is 1. The molecule has 16 heavy (non-hydrogen) atoms. The minimum Gasteiger partial charge on any atom is -0.347 e. The quantitative estimate of drug-likeness (QED) is 0.834. The molecule has 0 spiro atoms. The highest BCUT2D eigenvalue weighted by molar-refractivity contribution is 7.71. The number of H-pyrrole nitrogens is 1. The largest absolute Gasteiger partial charge is 0.347 e. The Bertz CT molecular complexity index is 569. The summed E-state index contributed by atoms with van der Waals surface area (Å²) in [6, 6.07) is 0. The van der Waals surface area contributed by atoms with Crippen molar-refractivity contribution in [3.8, 4) is 0 Å². The van der Waals surface area contributed by atoms with E-state index in [4.69, 9.17) is 12.2 Å². The summed E-state index contributed by atoms with van der Waals surface area (Å²) in [7, 11) is 0. The van der Waals surface area contributed by atoms with Crippen LogP contribution in [0.25, 0.3) is 0 Å². The summed E-state index contributed by atoms with van der Waals surface area (Å²) in [5, 5.41) is 3.12. The summed E-state index contributed by atoms with van der Waals surface area (Å²) >= 11 is 6.86. The second-order valence-electron chi connectivity index (χ2n) is 3.80. The summed E-state index contributed by atoms with van der Waals surface area (Å²) in [5.74, 6) is 0.891. The molecule has 0 bridgehead atoms. The SMILES string of the molecule is Cc1csc(Cc2nc(=S)c(C)c(C)[nH]2)n1. The number of nitrogens with zero attached hydrogens (tertiary/aromatic N) is 2. The Morgan fingerprint density at radius 3 is 2.62 bits per heavy atom. The maximum Gasteiger partial charge on any atom is 0.132 e. The molecule has 5 heteroatoms. The highest BCUT2D eigenvalue weighted by atomic mass is 32.1. The first kappa shape index (κ1) is 11.4. The number of aryl methyl sites for hydroxylation is 2. The van der Waals surface area contributed by atoms with Crippen LogP contribution in [-0.2, 0) is 6.42 Å². The number of rotatable bonds is 2. The van der Waals surface area contributed by atoms with E-state index in [1.165, 1.54) is 0 Å². The van der Waals surface area contributed by atoms with E-state index in [2.05, 4.69) is 15.0 Å². The average Bonchev–Trinajstić information content (AvgIpc) is 2.60. The van der Waals surface area contributed by atoms with E-state index in [-0.39, 0.29) is 0 Å². The van der Waals surface area contributed by atoms with Gasteiger partial charge in [-0.1, -0.05) is 12.2 Å². The smallest absolute Gasteiger partial charge is 0.132 e. The van der Waals surface area contributed by atoms with E-state index in [0.29, 0.717) is 4.64 Å². The van der Waals surface area contributed by atoms with Crippen LogP contribution in [0.15, 0.2) is 5.38 Å². The molecule has 0 atom stereocenters. The zero-order valence-electron chi connectivity index (χ0n) is 9.50. The highest BCUT2D eigenvalue weighted by Gasteiger charge is 2.05.